The molecule has 1 fully saturated rings. The van der Waals surface area contributed by atoms with Crippen LogP contribution in [0, 0.1) is 11.8 Å². The maximum atomic E-state index is 14.2. The number of hydrogen-bond donors (Lipinski definition) is 1. The summed E-state index contributed by atoms with van der Waals surface area (Å²) < 4.78 is 0.917. The number of nitrogens with zero attached hydrogens (tertiary/aromatic N) is 1. The van der Waals surface area contributed by atoms with Crippen molar-refractivity contribution >= 4 is 33.4 Å². The predicted molar refractivity (Wildman–Crippen MR) is 130 cm³/mol. The third-order valence-corrected chi connectivity index (χ3v) is 8.50. The van der Waals surface area contributed by atoms with Gasteiger partial charge < -0.3 is 5.11 Å². The molecule has 5 heteroatoms. The fourth-order valence-corrected chi connectivity index (χ4v) is 7.24. The van der Waals surface area contributed by atoms with Gasteiger partial charge in [0.05, 0.1) is 29.0 Å². The van der Waals surface area contributed by atoms with Gasteiger partial charge in [0, 0.05) is 10.4 Å². The zero-order chi connectivity index (χ0) is 23.1. The van der Waals surface area contributed by atoms with E-state index in [2.05, 4.69) is 28.1 Å². The molecule has 1 heterocycles. The monoisotopic (exact) mass is 501 g/mol. The summed E-state index contributed by atoms with van der Waals surface area (Å²) in [4.78, 5) is 29.7. The fourth-order valence-electron chi connectivity index (χ4n) is 6.83. The first-order chi connectivity index (χ1) is 15.9. The van der Waals surface area contributed by atoms with E-state index in [-0.39, 0.29) is 17.7 Å². The molecule has 1 aliphatic heterocycles. The molecule has 4 nitrogen and oxygen atoms in total. The number of halogens is 1. The standard InChI is InChI=1S/C28H24BrNO3/c1-3-16-14-17(29)12-13-22(16)30-26(32)24-23-18-8-4-6-10-20(18)28(15(2)31,25(24)27(30)33)21-11-7-5-9-19(21)23/h4-15,23-25,31H,3H2,1-2H3. The molecular weight excluding hydrogens is 478 g/mol. The number of aryl methyl sites for hydroxylation is 1. The lowest BCUT2D eigenvalue weighted by Crippen LogP contribution is -2.58. The Labute approximate surface area is 201 Å². The van der Waals surface area contributed by atoms with Gasteiger partial charge in [-0.15, -0.1) is 0 Å². The summed E-state index contributed by atoms with van der Waals surface area (Å²) in [5.41, 5.74) is 4.67. The van der Waals surface area contributed by atoms with Gasteiger partial charge in [-0.1, -0.05) is 71.4 Å². The van der Waals surface area contributed by atoms with E-state index in [1.54, 1.807) is 6.92 Å². The average molecular weight is 502 g/mol. The highest BCUT2D eigenvalue weighted by atomic mass is 79.9. The van der Waals surface area contributed by atoms with Gasteiger partial charge in [0.2, 0.25) is 11.8 Å². The molecule has 2 bridgehead atoms. The van der Waals surface area contributed by atoms with Crippen molar-refractivity contribution < 1.29 is 14.7 Å². The number of carbonyl (C=O) groups is 2. The van der Waals surface area contributed by atoms with Crippen LogP contribution < -0.4 is 4.90 Å². The smallest absolute Gasteiger partial charge is 0.239 e. The second-order valence-corrected chi connectivity index (χ2v) is 10.3. The molecule has 7 rings (SSSR count). The van der Waals surface area contributed by atoms with Crippen LogP contribution in [-0.2, 0) is 21.4 Å². The highest BCUT2D eigenvalue weighted by molar-refractivity contribution is 9.10. The molecule has 3 atom stereocenters. The minimum absolute atomic E-state index is 0.166. The summed E-state index contributed by atoms with van der Waals surface area (Å²) in [6, 6.07) is 21.8. The van der Waals surface area contributed by atoms with Crippen LogP contribution in [0.4, 0.5) is 5.69 Å². The summed E-state index contributed by atoms with van der Waals surface area (Å²) in [5, 5.41) is 11.4. The van der Waals surface area contributed by atoms with E-state index in [1.807, 2.05) is 61.5 Å². The van der Waals surface area contributed by atoms with Gasteiger partial charge >= 0.3 is 0 Å². The average Bonchev–Trinajstić information content (AvgIpc) is 3.09. The normalized spacial score (nSPS) is 27.9. The Morgan fingerprint density at radius 2 is 1.58 bits per heavy atom. The van der Waals surface area contributed by atoms with E-state index in [0.29, 0.717) is 12.1 Å². The van der Waals surface area contributed by atoms with Crippen LogP contribution in [0.1, 0.15) is 47.6 Å². The van der Waals surface area contributed by atoms with E-state index in [1.165, 1.54) is 4.90 Å². The number of aliphatic hydroxyl groups excluding tert-OH is 1. The Morgan fingerprint density at radius 3 is 2.15 bits per heavy atom. The highest BCUT2D eigenvalue weighted by Crippen LogP contribution is 2.65. The molecule has 3 aromatic rings. The minimum Gasteiger partial charge on any atom is -0.392 e. The van der Waals surface area contributed by atoms with Gasteiger partial charge in [0.1, 0.15) is 0 Å². The number of amides is 2. The Kier molecular flexibility index (Phi) is 4.49. The van der Waals surface area contributed by atoms with Crippen LogP contribution in [0.3, 0.4) is 0 Å². The molecule has 0 aromatic heterocycles. The number of benzene rings is 3. The lowest BCUT2D eigenvalue weighted by atomic mass is 9.46. The third-order valence-electron chi connectivity index (χ3n) is 8.01. The summed E-state index contributed by atoms with van der Waals surface area (Å²) in [6.45, 7) is 3.78. The summed E-state index contributed by atoms with van der Waals surface area (Å²) >= 11 is 3.51. The number of hydrogen-bond acceptors (Lipinski definition) is 3. The molecule has 0 radical (unpaired) electrons. The molecule has 3 unspecified atom stereocenters. The van der Waals surface area contributed by atoms with Gasteiger partial charge in [0.15, 0.2) is 0 Å². The van der Waals surface area contributed by atoms with Gasteiger partial charge in [-0.05, 0) is 59.4 Å². The third kappa shape index (κ3) is 2.44. The van der Waals surface area contributed by atoms with E-state index < -0.39 is 23.4 Å². The fraction of sp³-hybridized carbons (Fsp3) is 0.286. The second kappa shape index (κ2) is 7.12. The number of carbonyl (C=O) groups excluding carboxylic acids is 2. The van der Waals surface area contributed by atoms with E-state index in [9.17, 15) is 14.7 Å². The Hall–Kier alpha value is -2.76. The molecule has 0 saturated carbocycles. The molecule has 2 amide bonds. The van der Waals surface area contributed by atoms with Gasteiger partial charge in [-0.3, -0.25) is 9.59 Å². The topological polar surface area (TPSA) is 57.6 Å². The summed E-state index contributed by atoms with van der Waals surface area (Å²) in [5.74, 6) is -1.76. The van der Waals surface area contributed by atoms with Crippen LogP contribution in [0.5, 0.6) is 0 Å². The van der Waals surface area contributed by atoms with E-state index >= 15 is 0 Å². The molecule has 3 aromatic carbocycles. The first-order valence-electron chi connectivity index (χ1n) is 11.5. The SMILES string of the molecule is CCc1cc(Br)ccc1N1C(=O)C2C3c4ccccc4C(C(C)O)(c4ccccc43)C2C1=O. The lowest BCUT2D eigenvalue weighted by Gasteiger charge is -2.55. The molecule has 0 spiro atoms. The largest absolute Gasteiger partial charge is 0.392 e. The van der Waals surface area contributed by atoms with Crippen LogP contribution in [0.2, 0.25) is 0 Å². The van der Waals surface area contributed by atoms with Crippen molar-refractivity contribution in [3.05, 3.63) is 99.0 Å². The summed E-state index contributed by atoms with van der Waals surface area (Å²) in [6.07, 6.45) is -0.145. The van der Waals surface area contributed by atoms with Crippen LogP contribution in [-0.4, -0.2) is 23.0 Å². The zero-order valence-electron chi connectivity index (χ0n) is 18.5. The molecule has 4 aliphatic rings. The van der Waals surface area contributed by atoms with Crippen LogP contribution in [0.25, 0.3) is 0 Å². The lowest BCUT2D eigenvalue weighted by molar-refractivity contribution is -0.126. The zero-order valence-corrected chi connectivity index (χ0v) is 20.0. The molecular formula is C28H24BrNO3. The van der Waals surface area contributed by atoms with Crippen molar-refractivity contribution in [3.63, 3.8) is 0 Å². The predicted octanol–water partition coefficient (Wildman–Crippen LogP) is 4.94. The number of imide groups is 1. The Balaban J connectivity index is 1.65. The highest BCUT2D eigenvalue weighted by Gasteiger charge is 2.69. The molecule has 1 saturated heterocycles. The number of anilines is 1. The Bertz CT molecular complexity index is 1280. The van der Waals surface area contributed by atoms with Crippen LogP contribution >= 0.6 is 15.9 Å². The first kappa shape index (κ1) is 20.8. The molecule has 3 aliphatic carbocycles. The van der Waals surface area contributed by atoms with Crippen molar-refractivity contribution in [2.24, 2.45) is 11.8 Å². The van der Waals surface area contributed by atoms with Crippen molar-refractivity contribution in [2.75, 3.05) is 4.90 Å². The van der Waals surface area contributed by atoms with Crippen molar-refractivity contribution in [1.29, 1.82) is 0 Å². The van der Waals surface area contributed by atoms with Crippen LogP contribution in [0.15, 0.2) is 71.2 Å². The molecule has 166 valence electrons. The van der Waals surface area contributed by atoms with Crippen molar-refractivity contribution in [3.8, 4) is 0 Å². The van der Waals surface area contributed by atoms with E-state index in [4.69, 9.17) is 0 Å². The van der Waals surface area contributed by atoms with Crippen molar-refractivity contribution in [1.82, 2.24) is 0 Å². The van der Waals surface area contributed by atoms with Gasteiger partial charge in [-0.25, -0.2) is 4.90 Å². The second-order valence-electron chi connectivity index (χ2n) is 9.34. The maximum Gasteiger partial charge on any atom is 0.239 e. The minimum atomic E-state index is -0.962. The summed E-state index contributed by atoms with van der Waals surface area (Å²) in [7, 11) is 0. The quantitative estimate of drug-likeness (QED) is 0.517. The first-order valence-corrected chi connectivity index (χ1v) is 12.2. The van der Waals surface area contributed by atoms with Crippen molar-refractivity contribution in [2.45, 2.75) is 37.7 Å². The van der Waals surface area contributed by atoms with E-state index in [0.717, 1.165) is 32.3 Å². The number of rotatable bonds is 3. The number of aliphatic hydroxyl groups is 1. The molecule has 1 N–H and O–H groups in total. The maximum absolute atomic E-state index is 14.2. The molecule has 33 heavy (non-hydrogen) atoms. The van der Waals surface area contributed by atoms with Gasteiger partial charge in [0.25, 0.3) is 0 Å². The Morgan fingerprint density at radius 1 is 0.970 bits per heavy atom. The van der Waals surface area contributed by atoms with Gasteiger partial charge in [-0.2, -0.15) is 0 Å².